The third kappa shape index (κ3) is 4.37. The molecule has 1 heterocycles. The summed E-state index contributed by atoms with van der Waals surface area (Å²) in [6, 6.07) is 14.1. The van der Waals surface area contributed by atoms with Gasteiger partial charge in [-0.25, -0.2) is 5.43 Å². The summed E-state index contributed by atoms with van der Waals surface area (Å²) >= 11 is 0. The zero-order valence-corrected chi connectivity index (χ0v) is 16.2. The van der Waals surface area contributed by atoms with E-state index in [9.17, 15) is 4.79 Å². The Balaban J connectivity index is 1.62. The number of rotatable bonds is 6. The first kappa shape index (κ1) is 18.7. The van der Waals surface area contributed by atoms with Crippen molar-refractivity contribution in [3.8, 4) is 5.75 Å². The van der Waals surface area contributed by atoms with E-state index in [1.807, 2.05) is 61.1 Å². The highest BCUT2D eigenvalue weighted by atomic mass is 16.5. The Bertz CT molecular complexity index is 986. The van der Waals surface area contributed by atoms with E-state index in [-0.39, 0.29) is 12.5 Å². The minimum Gasteiger partial charge on any atom is -0.483 e. The minimum absolute atomic E-state index is 0.0734. The third-order valence-electron chi connectivity index (χ3n) is 4.47. The third-order valence-corrected chi connectivity index (χ3v) is 4.47. The SMILES string of the molecule is Cc1ccc(C(C)C)c(OCC(=O)N/N=C/c2cn(C)c3ccccc23)c1. The molecule has 5 nitrogen and oxygen atoms in total. The van der Waals surface area contributed by atoms with Gasteiger partial charge < -0.3 is 9.30 Å². The van der Waals surface area contributed by atoms with Gasteiger partial charge in [0, 0.05) is 29.7 Å². The molecule has 3 aromatic rings. The fourth-order valence-electron chi connectivity index (χ4n) is 3.07. The van der Waals surface area contributed by atoms with Gasteiger partial charge in [-0.1, -0.05) is 44.2 Å². The van der Waals surface area contributed by atoms with E-state index >= 15 is 0 Å². The molecule has 3 rings (SSSR count). The molecule has 0 aliphatic rings. The van der Waals surface area contributed by atoms with Crippen LogP contribution in [0.15, 0.2) is 53.8 Å². The molecule has 1 N–H and O–H groups in total. The van der Waals surface area contributed by atoms with Crippen molar-refractivity contribution in [1.82, 2.24) is 9.99 Å². The van der Waals surface area contributed by atoms with Crippen LogP contribution in [0.3, 0.4) is 0 Å². The zero-order chi connectivity index (χ0) is 19.4. The molecule has 0 atom stereocenters. The molecule has 140 valence electrons. The fourth-order valence-corrected chi connectivity index (χ4v) is 3.07. The highest BCUT2D eigenvalue weighted by Gasteiger charge is 2.10. The lowest BCUT2D eigenvalue weighted by molar-refractivity contribution is -0.123. The van der Waals surface area contributed by atoms with Crippen molar-refractivity contribution in [2.45, 2.75) is 26.7 Å². The van der Waals surface area contributed by atoms with Crippen molar-refractivity contribution in [2.24, 2.45) is 12.1 Å². The van der Waals surface area contributed by atoms with Crippen molar-refractivity contribution in [2.75, 3.05) is 6.61 Å². The van der Waals surface area contributed by atoms with Crippen LogP contribution < -0.4 is 10.2 Å². The number of amides is 1. The average molecular weight is 363 g/mol. The molecule has 0 unspecified atom stereocenters. The second-order valence-corrected chi connectivity index (χ2v) is 6.99. The normalized spacial score (nSPS) is 11.4. The number of hydrogen-bond acceptors (Lipinski definition) is 3. The van der Waals surface area contributed by atoms with Crippen LogP contribution in [-0.2, 0) is 11.8 Å². The van der Waals surface area contributed by atoms with E-state index in [0.29, 0.717) is 5.92 Å². The van der Waals surface area contributed by atoms with E-state index < -0.39 is 0 Å². The lowest BCUT2D eigenvalue weighted by atomic mass is 10.0. The molecule has 0 radical (unpaired) electrons. The Morgan fingerprint density at radius 1 is 1.26 bits per heavy atom. The van der Waals surface area contributed by atoms with Crippen LogP contribution >= 0.6 is 0 Å². The van der Waals surface area contributed by atoms with Crippen LogP contribution in [-0.4, -0.2) is 23.3 Å². The van der Waals surface area contributed by atoms with Crippen LogP contribution in [0.5, 0.6) is 5.75 Å². The number of fused-ring (bicyclic) bond motifs is 1. The molecule has 0 aliphatic heterocycles. The molecule has 2 aromatic carbocycles. The second-order valence-electron chi connectivity index (χ2n) is 6.99. The van der Waals surface area contributed by atoms with Crippen molar-refractivity contribution >= 4 is 23.0 Å². The highest BCUT2D eigenvalue weighted by Crippen LogP contribution is 2.27. The summed E-state index contributed by atoms with van der Waals surface area (Å²) in [4.78, 5) is 12.1. The van der Waals surface area contributed by atoms with Crippen molar-refractivity contribution in [1.29, 1.82) is 0 Å². The fraction of sp³-hybridized carbons (Fsp3) is 0.273. The monoisotopic (exact) mass is 363 g/mol. The molecule has 5 heteroatoms. The highest BCUT2D eigenvalue weighted by molar-refractivity contribution is 5.99. The van der Waals surface area contributed by atoms with E-state index in [4.69, 9.17) is 4.74 Å². The molecule has 1 aromatic heterocycles. The first-order valence-corrected chi connectivity index (χ1v) is 9.05. The van der Waals surface area contributed by atoms with E-state index in [1.54, 1.807) is 6.21 Å². The van der Waals surface area contributed by atoms with Crippen molar-refractivity contribution in [3.05, 3.63) is 65.4 Å². The maximum atomic E-state index is 12.1. The van der Waals surface area contributed by atoms with Gasteiger partial charge in [0.05, 0.1) is 6.21 Å². The van der Waals surface area contributed by atoms with Crippen LogP contribution in [0.2, 0.25) is 0 Å². The van der Waals surface area contributed by atoms with E-state index in [1.165, 1.54) is 0 Å². The minimum atomic E-state index is -0.289. The van der Waals surface area contributed by atoms with E-state index in [2.05, 4.69) is 30.4 Å². The summed E-state index contributed by atoms with van der Waals surface area (Å²) in [7, 11) is 1.99. The lowest BCUT2D eigenvalue weighted by Crippen LogP contribution is -2.25. The summed E-state index contributed by atoms with van der Waals surface area (Å²) in [6.07, 6.45) is 3.64. The predicted octanol–water partition coefficient (Wildman–Crippen LogP) is 4.14. The first-order valence-electron chi connectivity index (χ1n) is 9.05. The number of hydrazone groups is 1. The van der Waals surface area contributed by atoms with Gasteiger partial charge in [0.2, 0.25) is 0 Å². The number of aryl methyl sites for hydroxylation is 2. The van der Waals surface area contributed by atoms with Crippen LogP contribution in [0.1, 0.15) is 36.5 Å². The number of nitrogens with one attached hydrogen (secondary N) is 1. The second kappa shape index (κ2) is 8.08. The lowest BCUT2D eigenvalue weighted by Gasteiger charge is -2.14. The molecule has 0 saturated carbocycles. The number of hydrogen-bond donors (Lipinski definition) is 1. The maximum absolute atomic E-state index is 12.1. The Morgan fingerprint density at radius 3 is 2.81 bits per heavy atom. The number of ether oxygens (including phenoxy) is 1. The molecule has 0 spiro atoms. The Kier molecular flexibility index (Phi) is 5.60. The topological polar surface area (TPSA) is 55.6 Å². The molecule has 0 fully saturated rings. The molecule has 27 heavy (non-hydrogen) atoms. The maximum Gasteiger partial charge on any atom is 0.277 e. The predicted molar refractivity (Wildman–Crippen MR) is 109 cm³/mol. The number of para-hydroxylation sites is 1. The summed E-state index contributed by atoms with van der Waals surface area (Å²) in [5.41, 5.74) is 6.80. The van der Waals surface area contributed by atoms with Crippen molar-refractivity contribution in [3.63, 3.8) is 0 Å². The largest absolute Gasteiger partial charge is 0.483 e. The average Bonchev–Trinajstić information content (AvgIpc) is 2.96. The Hall–Kier alpha value is -3.08. The van der Waals surface area contributed by atoms with Gasteiger partial charge in [-0.05, 0) is 36.1 Å². The van der Waals surface area contributed by atoms with Gasteiger partial charge in [0.15, 0.2) is 6.61 Å². The van der Waals surface area contributed by atoms with Crippen molar-refractivity contribution < 1.29 is 9.53 Å². The number of aromatic nitrogens is 1. The van der Waals surface area contributed by atoms with Gasteiger partial charge >= 0.3 is 0 Å². The van der Waals surface area contributed by atoms with Gasteiger partial charge in [-0.2, -0.15) is 5.10 Å². The quantitative estimate of drug-likeness (QED) is 0.529. The number of nitrogens with zero attached hydrogens (tertiary/aromatic N) is 2. The standard InChI is InChI=1S/C22H25N3O2/c1-15(2)18-10-9-16(3)11-21(18)27-14-22(26)24-23-12-17-13-25(4)20-8-6-5-7-19(17)20/h5-13,15H,14H2,1-4H3,(H,24,26)/b23-12+. The van der Waals surface area contributed by atoms with Crippen LogP contribution in [0.4, 0.5) is 0 Å². The molecule has 0 bridgehead atoms. The molecular formula is C22H25N3O2. The van der Waals surface area contributed by atoms with Gasteiger partial charge in [0.25, 0.3) is 5.91 Å². The van der Waals surface area contributed by atoms with Crippen LogP contribution in [0.25, 0.3) is 10.9 Å². The molecule has 0 aliphatic carbocycles. The summed E-state index contributed by atoms with van der Waals surface area (Å²) in [6.45, 7) is 6.14. The van der Waals surface area contributed by atoms with Crippen LogP contribution in [0, 0.1) is 6.92 Å². The van der Waals surface area contributed by atoms with Gasteiger partial charge in [-0.15, -0.1) is 0 Å². The number of benzene rings is 2. The molecule has 1 amide bonds. The van der Waals surface area contributed by atoms with E-state index in [0.717, 1.165) is 33.3 Å². The number of carbonyl (C=O) groups is 1. The number of carbonyl (C=O) groups excluding carboxylic acids is 1. The summed E-state index contributed by atoms with van der Waals surface area (Å²) < 4.78 is 7.76. The first-order chi connectivity index (χ1) is 13.0. The van der Waals surface area contributed by atoms with Gasteiger partial charge in [-0.3, -0.25) is 4.79 Å². The van der Waals surface area contributed by atoms with Gasteiger partial charge in [0.1, 0.15) is 5.75 Å². The Labute approximate surface area is 159 Å². The zero-order valence-electron chi connectivity index (χ0n) is 16.2. The molecular weight excluding hydrogens is 338 g/mol. The summed E-state index contributed by atoms with van der Waals surface area (Å²) in [5, 5.41) is 5.17. The summed E-state index contributed by atoms with van der Waals surface area (Å²) in [5.74, 6) is 0.786. The smallest absolute Gasteiger partial charge is 0.277 e. The molecule has 0 saturated heterocycles. The Morgan fingerprint density at radius 2 is 2.04 bits per heavy atom.